The highest BCUT2D eigenvalue weighted by Gasteiger charge is 2.14. The molecule has 0 amide bonds. The van der Waals surface area contributed by atoms with Gasteiger partial charge in [-0.05, 0) is 24.6 Å². The third kappa shape index (κ3) is 2.81. The molecule has 1 rings (SSSR count). The first-order valence-corrected chi connectivity index (χ1v) is 4.38. The van der Waals surface area contributed by atoms with E-state index in [2.05, 4.69) is 9.72 Å². The lowest BCUT2D eigenvalue weighted by Crippen LogP contribution is -2.33. The molecule has 0 fully saturated rings. The summed E-state index contributed by atoms with van der Waals surface area (Å²) in [5.41, 5.74) is 7.51. The predicted molar refractivity (Wildman–Crippen MR) is 52.7 cm³/mol. The van der Waals surface area contributed by atoms with Crippen LogP contribution in [0.25, 0.3) is 0 Å². The molecule has 0 bridgehead atoms. The van der Waals surface area contributed by atoms with E-state index in [1.165, 1.54) is 7.11 Å². The van der Waals surface area contributed by atoms with Crippen molar-refractivity contribution >= 4 is 5.97 Å². The van der Waals surface area contributed by atoms with Crippen LogP contribution >= 0.6 is 0 Å². The van der Waals surface area contributed by atoms with Crippen molar-refractivity contribution in [2.24, 2.45) is 5.73 Å². The van der Waals surface area contributed by atoms with Crippen LogP contribution in [-0.2, 0) is 16.0 Å². The summed E-state index contributed by atoms with van der Waals surface area (Å²) in [6, 6.07) is 3.17. The number of rotatable bonds is 3. The van der Waals surface area contributed by atoms with Crippen molar-refractivity contribution in [2.45, 2.75) is 19.4 Å². The minimum Gasteiger partial charge on any atom is -0.468 e. The summed E-state index contributed by atoms with van der Waals surface area (Å²) in [4.78, 5) is 15.1. The van der Waals surface area contributed by atoms with Crippen LogP contribution in [0.1, 0.15) is 11.3 Å². The lowest BCUT2D eigenvalue weighted by Gasteiger charge is -2.08. The number of methoxy groups -OCH3 is 1. The molecule has 1 aromatic rings. The normalized spacial score (nSPS) is 12.2. The Bertz CT molecular complexity index is 326. The summed E-state index contributed by atoms with van der Waals surface area (Å²) in [7, 11) is 1.33. The number of carbonyl (C=O) groups excluding carboxylic acids is 1. The molecule has 1 atom stereocenters. The van der Waals surface area contributed by atoms with Crippen molar-refractivity contribution in [3.63, 3.8) is 0 Å². The van der Waals surface area contributed by atoms with Crippen molar-refractivity contribution < 1.29 is 9.53 Å². The van der Waals surface area contributed by atoms with E-state index in [4.69, 9.17) is 5.73 Å². The highest BCUT2D eigenvalue weighted by Crippen LogP contribution is 2.02. The van der Waals surface area contributed by atoms with E-state index in [0.29, 0.717) is 6.42 Å². The van der Waals surface area contributed by atoms with Gasteiger partial charge in [0, 0.05) is 18.3 Å². The zero-order chi connectivity index (χ0) is 10.6. The smallest absolute Gasteiger partial charge is 0.323 e. The van der Waals surface area contributed by atoms with E-state index in [0.717, 1.165) is 11.3 Å². The Kier molecular flexibility index (Phi) is 3.59. The van der Waals surface area contributed by atoms with E-state index >= 15 is 0 Å². The van der Waals surface area contributed by atoms with Crippen LogP contribution < -0.4 is 5.73 Å². The Labute approximate surface area is 83.1 Å². The average Bonchev–Trinajstić information content (AvgIpc) is 2.16. The number of hydrogen-bond donors (Lipinski definition) is 1. The zero-order valence-electron chi connectivity index (χ0n) is 8.36. The molecule has 0 aliphatic heterocycles. The van der Waals surface area contributed by atoms with Crippen LogP contribution in [0.5, 0.6) is 0 Å². The standard InChI is InChI=1S/C10H14N2O2/c1-7-3-4-12-8(5-7)6-9(11)10(13)14-2/h3-5,9H,6,11H2,1-2H3. The molecule has 0 spiro atoms. The second kappa shape index (κ2) is 4.72. The van der Waals surface area contributed by atoms with Gasteiger partial charge in [0.2, 0.25) is 0 Å². The Hall–Kier alpha value is -1.42. The van der Waals surface area contributed by atoms with Gasteiger partial charge in [-0.25, -0.2) is 0 Å². The second-order valence-electron chi connectivity index (χ2n) is 3.16. The summed E-state index contributed by atoms with van der Waals surface area (Å²) in [6.07, 6.45) is 2.11. The lowest BCUT2D eigenvalue weighted by molar-refractivity contribution is -0.142. The van der Waals surface area contributed by atoms with Gasteiger partial charge in [0.1, 0.15) is 6.04 Å². The van der Waals surface area contributed by atoms with Gasteiger partial charge in [0.25, 0.3) is 0 Å². The van der Waals surface area contributed by atoms with Crippen LogP contribution in [0, 0.1) is 6.92 Å². The number of esters is 1. The monoisotopic (exact) mass is 194 g/mol. The molecule has 0 saturated heterocycles. The minimum atomic E-state index is -0.630. The number of aryl methyl sites for hydroxylation is 1. The van der Waals surface area contributed by atoms with Crippen LogP contribution in [0.15, 0.2) is 18.3 Å². The third-order valence-corrected chi connectivity index (χ3v) is 1.91. The molecule has 4 nitrogen and oxygen atoms in total. The maximum absolute atomic E-state index is 11.0. The largest absolute Gasteiger partial charge is 0.468 e. The summed E-state index contributed by atoms with van der Waals surface area (Å²) in [6.45, 7) is 1.97. The molecule has 76 valence electrons. The Morgan fingerprint density at radius 2 is 2.43 bits per heavy atom. The number of nitrogens with two attached hydrogens (primary N) is 1. The van der Waals surface area contributed by atoms with Gasteiger partial charge >= 0.3 is 5.97 Å². The van der Waals surface area contributed by atoms with Crippen LogP contribution in [0.4, 0.5) is 0 Å². The van der Waals surface area contributed by atoms with E-state index in [-0.39, 0.29) is 0 Å². The molecule has 0 aromatic carbocycles. The third-order valence-electron chi connectivity index (χ3n) is 1.91. The molecule has 1 unspecified atom stereocenters. The van der Waals surface area contributed by atoms with Crippen molar-refractivity contribution in [1.82, 2.24) is 4.98 Å². The number of aromatic nitrogens is 1. The summed E-state index contributed by atoms with van der Waals surface area (Å²) < 4.78 is 4.52. The van der Waals surface area contributed by atoms with Gasteiger partial charge in [0.05, 0.1) is 7.11 Å². The zero-order valence-corrected chi connectivity index (χ0v) is 8.36. The second-order valence-corrected chi connectivity index (χ2v) is 3.16. The number of pyridine rings is 1. The van der Waals surface area contributed by atoms with E-state index < -0.39 is 12.0 Å². The molecule has 0 saturated carbocycles. The van der Waals surface area contributed by atoms with Crippen molar-refractivity contribution in [3.8, 4) is 0 Å². The highest BCUT2D eigenvalue weighted by atomic mass is 16.5. The fourth-order valence-electron chi connectivity index (χ4n) is 1.17. The van der Waals surface area contributed by atoms with Gasteiger partial charge < -0.3 is 10.5 Å². The molecule has 1 heterocycles. The van der Waals surface area contributed by atoms with Gasteiger partial charge in [-0.1, -0.05) is 0 Å². The maximum atomic E-state index is 11.0. The Balaban J connectivity index is 2.64. The Morgan fingerprint density at radius 1 is 1.71 bits per heavy atom. The predicted octanol–water partition coefficient (Wildman–Crippen LogP) is 0.433. The highest BCUT2D eigenvalue weighted by molar-refractivity contribution is 5.75. The maximum Gasteiger partial charge on any atom is 0.323 e. The van der Waals surface area contributed by atoms with Crippen molar-refractivity contribution in [2.75, 3.05) is 7.11 Å². The van der Waals surface area contributed by atoms with Crippen molar-refractivity contribution in [3.05, 3.63) is 29.6 Å². The first kappa shape index (κ1) is 10.7. The van der Waals surface area contributed by atoms with Crippen molar-refractivity contribution in [1.29, 1.82) is 0 Å². The van der Waals surface area contributed by atoms with E-state index in [9.17, 15) is 4.79 Å². The molecule has 0 radical (unpaired) electrons. The number of nitrogens with zero attached hydrogens (tertiary/aromatic N) is 1. The molecule has 4 heteroatoms. The summed E-state index contributed by atoms with van der Waals surface area (Å²) in [5.74, 6) is -0.409. The number of carbonyl (C=O) groups is 1. The molecule has 0 aliphatic rings. The Morgan fingerprint density at radius 3 is 3.00 bits per heavy atom. The molecule has 0 aliphatic carbocycles. The SMILES string of the molecule is COC(=O)C(N)Cc1cc(C)ccn1. The molecular formula is C10H14N2O2. The van der Waals surface area contributed by atoms with Gasteiger partial charge in [-0.3, -0.25) is 9.78 Å². The van der Waals surface area contributed by atoms with Gasteiger partial charge in [0.15, 0.2) is 0 Å². The van der Waals surface area contributed by atoms with E-state index in [1.807, 2.05) is 19.1 Å². The fraction of sp³-hybridized carbons (Fsp3) is 0.400. The first-order valence-electron chi connectivity index (χ1n) is 4.38. The lowest BCUT2D eigenvalue weighted by atomic mass is 10.1. The first-order chi connectivity index (χ1) is 6.63. The fourth-order valence-corrected chi connectivity index (χ4v) is 1.17. The summed E-state index contributed by atoms with van der Waals surface area (Å²) >= 11 is 0. The van der Waals surface area contributed by atoms with Crippen LogP contribution in [0.2, 0.25) is 0 Å². The molecular weight excluding hydrogens is 180 g/mol. The van der Waals surface area contributed by atoms with E-state index in [1.54, 1.807) is 6.20 Å². The number of ether oxygens (including phenoxy) is 1. The number of hydrogen-bond acceptors (Lipinski definition) is 4. The summed E-state index contributed by atoms with van der Waals surface area (Å²) in [5, 5.41) is 0. The topological polar surface area (TPSA) is 65.2 Å². The molecule has 1 aromatic heterocycles. The van der Waals surface area contributed by atoms with Crippen LogP contribution in [-0.4, -0.2) is 24.1 Å². The quantitative estimate of drug-likeness (QED) is 0.709. The average molecular weight is 194 g/mol. The van der Waals surface area contributed by atoms with Gasteiger partial charge in [-0.2, -0.15) is 0 Å². The molecule has 14 heavy (non-hydrogen) atoms. The van der Waals surface area contributed by atoms with Crippen LogP contribution in [0.3, 0.4) is 0 Å². The molecule has 2 N–H and O–H groups in total. The minimum absolute atomic E-state index is 0.409. The van der Waals surface area contributed by atoms with Gasteiger partial charge in [-0.15, -0.1) is 0 Å².